The second-order valence-corrected chi connectivity index (χ2v) is 6.36. The van der Waals surface area contributed by atoms with Gasteiger partial charge in [0.2, 0.25) is 5.91 Å². The molecule has 8 heteroatoms. The Bertz CT molecular complexity index is 654. The predicted octanol–water partition coefficient (Wildman–Crippen LogP) is 2.56. The molecule has 0 radical (unpaired) electrons. The molecule has 28 heavy (non-hydrogen) atoms. The standard InChI is InChI=1S/C20H27NO7/c1-27-19(25)16(20(26)28-2)13-14-9-11-15(12-10-14)21-17(22)7-5-3-4-6-8-18(23)24/h9-12,16H,3-8,13H2,1-2H3,(H,21,22)(H,23,24). The van der Waals surface area contributed by atoms with Crippen LogP contribution in [0.3, 0.4) is 0 Å². The Morgan fingerprint density at radius 2 is 1.43 bits per heavy atom. The number of unbranched alkanes of at least 4 members (excludes halogenated alkanes) is 3. The number of hydrogen-bond acceptors (Lipinski definition) is 6. The van der Waals surface area contributed by atoms with Crippen molar-refractivity contribution in [2.75, 3.05) is 19.5 Å². The number of hydrogen-bond donors (Lipinski definition) is 2. The van der Waals surface area contributed by atoms with Gasteiger partial charge in [-0.15, -0.1) is 0 Å². The van der Waals surface area contributed by atoms with E-state index in [9.17, 15) is 19.2 Å². The van der Waals surface area contributed by atoms with Crippen LogP contribution < -0.4 is 5.32 Å². The molecule has 0 aliphatic heterocycles. The van der Waals surface area contributed by atoms with Crippen molar-refractivity contribution in [3.8, 4) is 0 Å². The molecule has 154 valence electrons. The van der Waals surface area contributed by atoms with Crippen molar-refractivity contribution < 1.29 is 33.8 Å². The van der Waals surface area contributed by atoms with E-state index in [1.54, 1.807) is 24.3 Å². The molecule has 1 aromatic carbocycles. The molecule has 0 saturated carbocycles. The molecular weight excluding hydrogens is 366 g/mol. The fraction of sp³-hybridized carbons (Fsp3) is 0.500. The fourth-order valence-corrected chi connectivity index (χ4v) is 2.65. The number of carboxylic acids is 1. The van der Waals surface area contributed by atoms with Crippen LogP contribution in [0.4, 0.5) is 5.69 Å². The van der Waals surface area contributed by atoms with Crippen molar-refractivity contribution in [1.29, 1.82) is 0 Å². The van der Waals surface area contributed by atoms with Crippen molar-refractivity contribution in [1.82, 2.24) is 0 Å². The van der Waals surface area contributed by atoms with Crippen LogP contribution in [-0.2, 0) is 35.1 Å². The maximum absolute atomic E-state index is 11.9. The number of benzene rings is 1. The van der Waals surface area contributed by atoms with Gasteiger partial charge in [-0.05, 0) is 37.0 Å². The Hall–Kier alpha value is -2.90. The second-order valence-electron chi connectivity index (χ2n) is 6.36. The fourth-order valence-electron chi connectivity index (χ4n) is 2.65. The van der Waals surface area contributed by atoms with Gasteiger partial charge in [-0.25, -0.2) is 0 Å². The lowest BCUT2D eigenvalue weighted by atomic mass is 9.99. The highest BCUT2D eigenvalue weighted by atomic mass is 16.5. The van der Waals surface area contributed by atoms with Gasteiger partial charge in [0, 0.05) is 18.5 Å². The lowest BCUT2D eigenvalue weighted by Crippen LogP contribution is -2.28. The highest BCUT2D eigenvalue weighted by molar-refractivity contribution is 5.95. The van der Waals surface area contributed by atoms with Crippen LogP contribution in [0.15, 0.2) is 24.3 Å². The monoisotopic (exact) mass is 393 g/mol. The minimum Gasteiger partial charge on any atom is -0.481 e. The Morgan fingerprint density at radius 3 is 1.93 bits per heavy atom. The molecule has 0 aromatic heterocycles. The van der Waals surface area contributed by atoms with Crippen molar-refractivity contribution in [3.05, 3.63) is 29.8 Å². The van der Waals surface area contributed by atoms with Gasteiger partial charge in [-0.1, -0.05) is 25.0 Å². The lowest BCUT2D eigenvalue weighted by molar-refractivity contribution is -0.158. The van der Waals surface area contributed by atoms with Crippen LogP contribution in [0.5, 0.6) is 0 Å². The number of ether oxygens (including phenoxy) is 2. The number of carboxylic acid groups (broad SMARTS) is 1. The van der Waals surface area contributed by atoms with Gasteiger partial charge in [0.15, 0.2) is 5.92 Å². The molecule has 0 unspecified atom stereocenters. The summed E-state index contributed by atoms with van der Waals surface area (Å²) in [4.78, 5) is 45.8. The van der Waals surface area contributed by atoms with Gasteiger partial charge in [0.1, 0.15) is 0 Å². The second kappa shape index (κ2) is 12.5. The van der Waals surface area contributed by atoms with Crippen LogP contribution in [0.1, 0.15) is 44.1 Å². The zero-order valence-electron chi connectivity index (χ0n) is 16.2. The van der Waals surface area contributed by atoms with Gasteiger partial charge >= 0.3 is 17.9 Å². The first-order valence-corrected chi connectivity index (χ1v) is 9.13. The molecule has 0 spiro atoms. The van der Waals surface area contributed by atoms with E-state index in [2.05, 4.69) is 14.8 Å². The molecule has 0 atom stereocenters. The van der Waals surface area contributed by atoms with Crippen molar-refractivity contribution in [2.24, 2.45) is 5.92 Å². The van der Waals surface area contributed by atoms with Crippen LogP contribution in [-0.4, -0.2) is 43.1 Å². The van der Waals surface area contributed by atoms with Gasteiger partial charge < -0.3 is 19.9 Å². The van der Waals surface area contributed by atoms with Gasteiger partial charge in [-0.3, -0.25) is 19.2 Å². The van der Waals surface area contributed by atoms with Crippen LogP contribution in [0.2, 0.25) is 0 Å². The summed E-state index contributed by atoms with van der Waals surface area (Å²) in [5.74, 6) is -3.27. The molecule has 0 saturated heterocycles. The highest BCUT2D eigenvalue weighted by Gasteiger charge is 2.28. The number of carbonyl (C=O) groups is 4. The topological polar surface area (TPSA) is 119 Å². The number of aliphatic carboxylic acids is 1. The Balaban J connectivity index is 2.44. The smallest absolute Gasteiger partial charge is 0.320 e. The van der Waals surface area contributed by atoms with Crippen LogP contribution in [0.25, 0.3) is 0 Å². The van der Waals surface area contributed by atoms with E-state index < -0.39 is 23.8 Å². The number of anilines is 1. The summed E-state index contributed by atoms with van der Waals surface area (Å²) in [5, 5.41) is 11.3. The summed E-state index contributed by atoms with van der Waals surface area (Å²) in [5.41, 5.74) is 1.35. The molecule has 0 aliphatic carbocycles. The van der Waals surface area contributed by atoms with Gasteiger partial charge in [0.25, 0.3) is 0 Å². The number of esters is 2. The third-order valence-corrected chi connectivity index (χ3v) is 4.19. The number of carbonyl (C=O) groups excluding carboxylic acids is 3. The lowest BCUT2D eigenvalue weighted by Gasteiger charge is -2.13. The Morgan fingerprint density at radius 1 is 0.893 bits per heavy atom. The van der Waals surface area contributed by atoms with E-state index in [0.29, 0.717) is 24.9 Å². The van der Waals surface area contributed by atoms with E-state index in [-0.39, 0.29) is 18.7 Å². The zero-order valence-corrected chi connectivity index (χ0v) is 16.2. The molecule has 0 fully saturated rings. The summed E-state index contributed by atoms with van der Waals surface area (Å²) in [6, 6.07) is 6.85. The largest absolute Gasteiger partial charge is 0.481 e. The van der Waals surface area contributed by atoms with Crippen molar-refractivity contribution in [2.45, 2.75) is 44.9 Å². The molecule has 0 aliphatic rings. The molecule has 1 amide bonds. The molecule has 2 N–H and O–H groups in total. The van der Waals surface area contributed by atoms with Crippen LogP contribution >= 0.6 is 0 Å². The molecule has 1 rings (SSSR count). The Labute approximate surface area is 164 Å². The number of methoxy groups -OCH3 is 2. The summed E-state index contributed by atoms with van der Waals surface area (Å²) < 4.78 is 9.26. The zero-order chi connectivity index (χ0) is 20.9. The molecular formula is C20H27NO7. The molecule has 0 bridgehead atoms. The third kappa shape index (κ3) is 8.66. The Kier molecular flexibility index (Phi) is 10.3. The van der Waals surface area contributed by atoms with Crippen molar-refractivity contribution in [3.63, 3.8) is 0 Å². The molecule has 0 heterocycles. The average Bonchev–Trinajstić information content (AvgIpc) is 2.68. The van der Waals surface area contributed by atoms with Crippen LogP contribution in [0, 0.1) is 5.92 Å². The normalized spacial score (nSPS) is 10.4. The van der Waals surface area contributed by atoms with Crippen molar-refractivity contribution >= 4 is 29.5 Å². The van der Waals surface area contributed by atoms with E-state index in [0.717, 1.165) is 18.4 Å². The minimum absolute atomic E-state index is 0.118. The van der Waals surface area contributed by atoms with E-state index in [1.165, 1.54) is 14.2 Å². The average molecular weight is 393 g/mol. The first-order valence-electron chi connectivity index (χ1n) is 9.13. The maximum atomic E-state index is 11.9. The quantitative estimate of drug-likeness (QED) is 0.318. The number of rotatable bonds is 12. The predicted molar refractivity (Wildman–Crippen MR) is 102 cm³/mol. The van der Waals surface area contributed by atoms with Gasteiger partial charge in [0.05, 0.1) is 14.2 Å². The van der Waals surface area contributed by atoms with E-state index in [1.807, 2.05) is 0 Å². The summed E-state index contributed by atoms with van der Waals surface area (Å²) in [6.45, 7) is 0. The highest BCUT2D eigenvalue weighted by Crippen LogP contribution is 2.16. The first-order chi connectivity index (χ1) is 13.4. The SMILES string of the molecule is COC(=O)C(Cc1ccc(NC(=O)CCCCCCC(=O)O)cc1)C(=O)OC. The number of amides is 1. The number of nitrogens with one attached hydrogen (secondary N) is 1. The minimum atomic E-state index is -1.03. The first kappa shape index (κ1) is 23.1. The molecule has 8 nitrogen and oxygen atoms in total. The maximum Gasteiger partial charge on any atom is 0.320 e. The summed E-state index contributed by atoms with van der Waals surface area (Å²) >= 11 is 0. The van der Waals surface area contributed by atoms with E-state index in [4.69, 9.17) is 5.11 Å². The molecule has 1 aromatic rings. The third-order valence-electron chi connectivity index (χ3n) is 4.19. The van der Waals surface area contributed by atoms with Gasteiger partial charge in [-0.2, -0.15) is 0 Å². The summed E-state index contributed by atoms with van der Waals surface area (Å²) in [6.07, 6.45) is 3.58. The summed E-state index contributed by atoms with van der Waals surface area (Å²) in [7, 11) is 2.42. The van der Waals surface area contributed by atoms with E-state index >= 15 is 0 Å².